The summed E-state index contributed by atoms with van der Waals surface area (Å²) >= 11 is 0. The molecule has 1 heterocycles. The molecule has 0 aliphatic carbocycles. The number of nitrogens with zero attached hydrogens (tertiary/aromatic N) is 1. The van der Waals surface area contributed by atoms with Gasteiger partial charge in [0.2, 0.25) is 5.91 Å². The molecule has 0 radical (unpaired) electrons. The molecular weight excluding hydrogens is 164 g/mol. The van der Waals surface area contributed by atoms with E-state index in [1.165, 1.54) is 0 Å². The zero-order valence-electron chi connectivity index (χ0n) is 8.62. The van der Waals surface area contributed by atoms with Crippen LogP contribution in [0.2, 0.25) is 0 Å². The van der Waals surface area contributed by atoms with Crippen LogP contribution in [-0.2, 0) is 4.79 Å². The SMILES string of the molecule is CCCC(C)C(=O)N1CC[C@H](N)C1. The minimum atomic E-state index is 0.176. The Balaban J connectivity index is 2.38. The maximum absolute atomic E-state index is 11.8. The summed E-state index contributed by atoms with van der Waals surface area (Å²) < 4.78 is 0. The third kappa shape index (κ3) is 2.69. The molecule has 2 N–H and O–H groups in total. The molecule has 0 aromatic heterocycles. The monoisotopic (exact) mass is 184 g/mol. The number of rotatable bonds is 3. The lowest BCUT2D eigenvalue weighted by Crippen LogP contribution is -2.35. The van der Waals surface area contributed by atoms with E-state index < -0.39 is 0 Å². The number of likely N-dealkylation sites (tertiary alicyclic amines) is 1. The van der Waals surface area contributed by atoms with Gasteiger partial charge in [0, 0.05) is 25.0 Å². The van der Waals surface area contributed by atoms with Crippen LogP contribution in [0.5, 0.6) is 0 Å². The summed E-state index contributed by atoms with van der Waals surface area (Å²) in [5.74, 6) is 0.463. The van der Waals surface area contributed by atoms with Crippen molar-refractivity contribution < 1.29 is 4.79 Å². The van der Waals surface area contributed by atoms with E-state index in [9.17, 15) is 4.79 Å². The van der Waals surface area contributed by atoms with Crippen LogP contribution in [0.15, 0.2) is 0 Å². The highest BCUT2D eigenvalue weighted by Crippen LogP contribution is 2.14. The van der Waals surface area contributed by atoms with Gasteiger partial charge in [-0.1, -0.05) is 20.3 Å². The predicted octanol–water partition coefficient (Wildman–Crippen LogP) is 0.982. The summed E-state index contributed by atoms with van der Waals surface area (Å²) in [6, 6.07) is 0.206. The van der Waals surface area contributed by atoms with Crippen molar-refractivity contribution in [3.63, 3.8) is 0 Å². The Hall–Kier alpha value is -0.570. The van der Waals surface area contributed by atoms with Crippen LogP contribution in [0.3, 0.4) is 0 Å². The largest absolute Gasteiger partial charge is 0.341 e. The molecule has 3 nitrogen and oxygen atoms in total. The van der Waals surface area contributed by atoms with Gasteiger partial charge >= 0.3 is 0 Å². The zero-order chi connectivity index (χ0) is 9.84. The van der Waals surface area contributed by atoms with Crippen molar-refractivity contribution in [2.45, 2.75) is 39.2 Å². The maximum atomic E-state index is 11.8. The molecule has 0 spiro atoms. The molecule has 0 saturated carbocycles. The summed E-state index contributed by atoms with van der Waals surface area (Å²) in [5.41, 5.74) is 5.74. The van der Waals surface area contributed by atoms with Crippen molar-refractivity contribution in [1.29, 1.82) is 0 Å². The van der Waals surface area contributed by atoms with Crippen LogP contribution in [-0.4, -0.2) is 29.9 Å². The highest BCUT2D eigenvalue weighted by Gasteiger charge is 2.26. The molecule has 0 bridgehead atoms. The van der Waals surface area contributed by atoms with Crippen molar-refractivity contribution in [1.82, 2.24) is 4.90 Å². The minimum Gasteiger partial charge on any atom is -0.341 e. The van der Waals surface area contributed by atoms with E-state index in [1.807, 2.05) is 11.8 Å². The van der Waals surface area contributed by atoms with Crippen molar-refractivity contribution in [2.24, 2.45) is 11.7 Å². The van der Waals surface area contributed by atoms with E-state index in [0.29, 0.717) is 0 Å². The van der Waals surface area contributed by atoms with Gasteiger partial charge in [-0.05, 0) is 12.8 Å². The van der Waals surface area contributed by atoms with Crippen LogP contribution in [0.25, 0.3) is 0 Å². The molecular formula is C10H20N2O. The summed E-state index contributed by atoms with van der Waals surface area (Å²) in [5, 5.41) is 0. The predicted molar refractivity (Wildman–Crippen MR) is 53.2 cm³/mol. The second kappa shape index (κ2) is 4.61. The second-order valence-corrected chi connectivity index (χ2v) is 4.02. The van der Waals surface area contributed by atoms with E-state index in [-0.39, 0.29) is 17.9 Å². The van der Waals surface area contributed by atoms with Gasteiger partial charge in [-0.15, -0.1) is 0 Å². The Bertz CT molecular complexity index is 182. The van der Waals surface area contributed by atoms with Gasteiger partial charge in [0.1, 0.15) is 0 Å². The highest BCUT2D eigenvalue weighted by atomic mass is 16.2. The average Bonchev–Trinajstić information content (AvgIpc) is 2.51. The van der Waals surface area contributed by atoms with Gasteiger partial charge in [0.25, 0.3) is 0 Å². The average molecular weight is 184 g/mol. The van der Waals surface area contributed by atoms with E-state index in [4.69, 9.17) is 5.73 Å². The summed E-state index contributed by atoms with van der Waals surface area (Å²) in [4.78, 5) is 13.7. The molecule has 1 unspecified atom stereocenters. The summed E-state index contributed by atoms with van der Waals surface area (Å²) in [6.07, 6.45) is 3.03. The van der Waals surface area contributed by atoms with Crippen molar-refractivity contribution in [3.8, 4) is 0 Å². The topological polar surface area (TPSA) is 46.3 Å². The van der Waals surface area contributed by atoms with Crippen LogP contribution in [0.1, 0.15) is 33.1 Å². The first-order valence-electron chi connectivity index (χ1n) is 5.19. The Morgan fingerprint density at radius 1 is 1.69 bits per heavy atom. The Morgan fingerprint density at radius 3 is 2.85 bits per heavy atom. The van der Waals surface area contributed by atoms with Gasteiger partial charge in [-0.25, -0.2) is 0 Å². The molecule has 3 heteroatoms. The molecule has 1 saturated heterocycles. The third-order valence-electron chi connectivity index (χ3n) is 2.68. The molecule has 76 valence electrons. The third-order valence-corrected chi connectivity index (χ3v) is 2.68. The molecule has 0 aromatic carbocycles. The molecule has 13 heavy (non-hydrogen) atoms. The molecule has 1 rings (SSSR count). The van der Waals surface area contributed by atoms with E-state index in [2.05, 4.69) is 6.92 Å². The van der Waals surface area contributed by atoms with E-state index in [1.54, 1.807) is 0 Å². The Labute approximate surface area is 80.3 Å². The Morgan fingerprint density at radius 2 is 2.38 bits per heavy atom. The quantitative estimate of drug-likeness (QED) is 0.710. The second-order valence-electron chi connectivity index (χ2n) is 4.02. The molecule has 2 atom stereocenters. The first kappa shape index (κ1) is 10.5. The fraction of sp³-hybridized carbons (Fsp3) is 0.900. The number of hydrogen-bond acceptors (Lipinski definition) is 2. The maximum Gasteiger partial charge on any atom is 0.225 e. The van der Waals surface area contributed by atoms with Crippen molar-refractivity contribution in [3.05, 3.63) is 0 Å². The molecule has 1 amide bonds. The molecule has 0 aromatic rings. The van der Waals surface area contributed by atoms with Gasteiger partial charge in [-0.3, -0.25) is 4.79 Å². The van der Waals surface area contributed by atoms with Gasteiger partial charge in [0.05, 0.1) is 0 Å². The lowest BCUT2D eigenvalue weighted by Gasteiger charge is -2.20. The number of hydrogen-bond donors (Lipinski definition) is 1. The number of carbonyl (C=O) groups excluding carboxylic acids is 1. The standard InChI is InChI=1S/C10H20N2O/c1-3-4-8(2)10(13)12-6-5-9(11)7-12/h8-9H,3-7,11H2,1-2H3/t8?,9-/m0/s1. The normalized spacial score (nSPS) is 24.8. The zero-order valence-corrected chi connectivity index (χ0v) is 8.62. The first-order chi connectivity index (χ1) is 6.15. The molecule has 1 aliphatic heterocycles. The fourth-order valence-corrected chi connectivity index (χ4v) is 1.86. The van der Waals surface area contributed by atoms with Crippen LogP contribution >= 0.6 is 0 Å². The number of carbonyl (C=O) groups is 1. The van der Waals surface area contributed by atoms with Crippen LogP contribution < -0.4 is 5.73 Å². The number of nitrogens with two attached hydrogens (primary N) is 1. The van der Waals surface area contributed by atoms with Gasteiger partial charge in [-0.2, -0.15) is 0 Å². The lowest BCUT2D eigenvalue weighted by atomic mass is 10.1. The first-order valence-corrected chi connectivity index (χ1v) is 5.19. The van der Waals surface area contributed by atoms with Crippen LogP contribution in [0, 0.1) is 5.92 Å². The van der Waals surface area contributed by atoms with Crippen LogP contribution in [0.4, 0.5) is 0 Å². The summed E-state index contributed by atoms with van der Waals surface area (Å²) in [7, 11) is 0. The summed E-state index contributed by atoms with van der Waals surface area (Å²) in [6.45, 7) is 5.73. The van der Waals surface area contributed by atoms with Gasteiger partial charge in [0.15, 0.2) is 0 Å². The Kier molecular flexibility index (Phi) is 3.72. The lowest BCUT2D eigenvalue weighted by molar-refractivity contribution is -0.134. The highest BCUT2D eigenvalue weighted by molar-refractivity contribution is 5.78. The molecule has 1 fully saturated rings. The van der Waals surface area contributed by atoms with E-state index in [0.717, 1.165) is 32.4 Å². The van der Waals surface area contributed by atoms with Crippen molar-refractivity contribution >= 4 is 5.91 Å². The fourth-order valence-electron chi connectivity index (χ4n) is 1.86. The van der Waals surface area contributed by atoms with E-state index >= 15 is 0 Å². The smallest absolute Gasteiger partial charge is 0.225 e. The number of amides is 1. The van der Waals surface area contributed by atoms with Crippen molar-refractivity contribution in [2.75, 3.05) is 13.1 Å². The van der Waals surface area contributed by atoms with Gasteiger partial charge < -0.3 is 10.6 Å². The molecule has 1 aliphatic rings. The minimum absolute atomic E-state index is 0.176.